The Morgan fingerprint density at radius 1 is 1.25 bits per heavy atom. The zero-order chi connectivity index (χ0) is 15.2. The van der Waals surface area contributed by atoms with Crippen LogP contribution in [0.5, 0.6) is 0 Å². The lowest BCUT2D eigenvalue weighted by Gasteiger charge is -2.13. The number of hydrogen-bond donors (Lipinski definition) is 1. The number of allylic oxidation sites excluding steroid dienone is 1. The van der Waals surface area contributed by atoms with Gasteiger partial charge in [-0.05, 0) is 39.0 Å². The van der Waals surface area contributed by atoms with E-state index in [-0.39, 0.29) is 24.5 Å². The maximum Gasteiger partial charge on any atom is 0.309 e. The highest BCUT2D eigenvalue weighted by atomic mass is 16.5. The molecule has 20 heavy (non-hydrogen) atoms. The van der Waals surface area contributed by atoms with Crippen molar-refractivity contribution in [1.82, 2.24) is 0 Å². The predicted octanol–water partition coefficient (Wildman–Crippen LogP) is 2.23. The van der Waals surface area contributed by atoms with Crippen LogP contribution in [0.2, 0.25) is 0 Å². The lowest BCUT2D eigenvalue weighted by atomic mass is 10.00. The van der Waals surface area contributed by atoms with E-state index < -0.39 is 0 Å². The summed E-state index contributed by atoms with van der Waals surface area (Å²) in [5, 5.41) is 8.60. The summed E-state index contributed by atoms with van der Waals surface area (Å²) in [5.74, 6) is -0.683. The second kappa shape index (κ2) is 12.7. The summed E-state index contributed by atoms with van der Waals surface area (Å²) in [6.07, 6.45) is 5.09. The number of aliphatic hydroxyl groups excluding tert-OH is 1. The van der Waals surface area contributed by atoms with Gasteiger partial charge in [-0.25, -0.2) is 0 Å². The summed E-state index contributed by atoms with van der Waals surface area (Å²) in [6.45, 7) is 6.17. The third-order valence-corrected chi connectivity index (χ3v) is 2.82. The zero-order valence-corrected chi connectivity index (χ0v) is 12.3. The van der Waals surface area contributed by atoms with Gasteiger partial charge in [0.2, 0.25) is 0 Å². The monoisotopic (exact) mass is 286 g/mol. The Bertz CT molecular complexity index is 288. The molecule has 1 N–H and O–H groups in total. The van der Waals surface area contributed by atoms with Gasteiger partial charge in [-0.3, -0.25) is 9.59 Å². The van der Waals surface area contributed by atoms with E-state index in [1.165, 1.54) is 0 Å². The largest absolute Gasteiger partial charge is 0.466 e. The van der Waals surface area contributed by atoms with Crippen molar-refractivity contribution in [3.63, 3.8) is 0 Å². The van der Waals surface area contributed by atoms with Gasteiger partial charge >= 0.3 is 11.9 Å². The van der Waals surface area contributed by atoms with Gasteiger partial charge in [0.15, 0.2) is 0 Å². The second-order valence-electron chi connectivity index (χ2n) is 4.52. The maximum atomic E-state index is 11.6. The fourth-order valence-electron chi connectivity index (χ4n) is 1.76. The minimum atomic E-state index is -0.255. The summed E-state index contributed by atoms with van der Waals surface area (Å²) in [7, 11) is 0. The van der Waals surface area contributed by atoms with E-state index in [9.17, 15) is 9.59 Å². The van der Waals surface area contributed by atoms with Gasteiger partial charge < -0.3 is 14.6 Å². The zero-order valence-electron chi connectivity index (χ0n) is 12.3. The van der Waals surface area contributed by atoms with Gasteiger partial charge in [0, 0.05) is 13.0 Å². The van der Waals surface area contributed by atoms with Crippen molar-refractivity contribution in [2.45, 2.75) is 45.4 Å². The Balaban J connectivity index is 3.80. The average Bonchev–Trinajstić information content (AvgIpc) is 2.42. The SMILES string of the molecule is C=CCC(CCCOC(=O)CCCCO)C(=O)OCC. The summed E-state index contributed by atoms with van der Waals surface area (Å²) >= 11 is 0. The molecule has 0 aliphatic rings. The molecule has 5 heteroatoms. The number of rotatable bonds is 12. The molecule has 0 radical (unpaired) electrons. The van der Waals surface area contributed by atoms with Gasteiger partial charge in [0.25, 0.3) is 0 Å². The number of aliphatic hydroxyl groups is 1. The van der Waals surface area contributed by atoms with Crippen LogP contribution in [0.25, 0.3) is 0 Å². The van der Waals surface area contributed by atoms with Crippen LogP contribution in [-0.2, 0) is 19.1 Å². The average molecular weight is 286 g/mol. The fraction of sp³-hybridized carbons (Fsp3) is 0.733. The van der Waals surface area contributed by atoms with Crippen LogP contribution in [0, 0.1) is 5.92 Å². The third kappa shape index (κ3) is 9.55. The first kappa shape index (κ1) is 18.6. The van der Waals surface area contributed by atoms with E-state index in [4.69, 9.17) is 14.6 Å². The molecule has 0 bridgehead atoms. The molecule has 0 fully saturated rings. The van der Waals surface area contributed by atoms with Crippen LogP contribution in [0.3, 0.4) is 0 Å². The molecule has 1 atom stereocenters. The van der Waals surface area contributed by atoms with E-state index in [2.05, 4.69) is 6.58 Å². The Hall–Kier alpha value is -1.36. The van der Waals surface area contributed by atoms with Crippen LogP contribution in [0.15, 0.2) is 12.7 Å². The van der Waals surface area contributed by atoms with Gasteiger partial charge in [-0.2, -0.15) is 0 Å². The molecule has 0 saturated carbocycles. The standard InChI is InChI=1S/C15H26O5/c1-3-8-13(15(18)19-4-2)9-7-12-20-14(17)10-5-6-11-16/h3,13,16H,1,4-12H2,2H3. The molecule has 0 aromatic heterocycles. The third-order valence-electron chi connectivity index (χ3n) is 2.82. The molecule has 0 aliphatic carbocycles. The number of carbonyl (C=O) groups is 2. The van der Waals surface area contributed by atoms with Crippen molar-refractivity contribution in [3.8, 4) is 0 Å². The molecule has 0 aliphatic heterocycles. The molecule has 1 unspecified atom stereocenters. The predicted molar refractivity (Wildman–Crippen MR) is 76.1 cm³/mol. The minimum absolute atomic E-state index is 0.0933. The molecule has 116 valence electrons. The first-order chi connectivity index (χ1) is 9.65. The first-order valence-electron chi connectivity index (χ1n) is 7.19. The topological polar surface area (TPSA) is 72.8 Å². The van der Waals surface area contributed by atoms with Crippen molar-refractivity contribution >= 4 is 11.9 Å². The summed E-state index contributed by atoms with van der Waals surface area (Å²) in [6, 6.07) is 0. The van der Waals surface area contributed by atoms with Crippen LogP contribution in [0.4, 0.5) is 0 Å². The summed E-state index contributed by atoms with van der Waals surface area (Å²) < 4.78 is 10.0. The Labute approximate surface area is 121 Å². The second-order valence-corrected chi connectivity index (χ2v) is 4.52. The lowest BCUT2D eigenvalue weighted by Crippen LogP contribution is -2.18. The number of hydrogen-bond acceptors (Lipinski definition) is 5. The smallest absolute Gasteiger partial charge is 0.309 e. The van der Waals surface area contributed by atoms with Crippen LogP contribution >= 0.6 is 0 Å². The lowest BCUT2D eigenvalue weighted by molar-refractivity contribution is -0.148. The van der Waals surface area contributed by atoms with Gasteiger partial charge in [-0.1, -0.05) is 6.08 Å². The number of carbonyl (C=O) groups excluding carboxylic acids is 2. The minimum Gasteiger partial charge on any atom is -0.466 e. The molecule has 5 nitrogen and oxygen atoms in total. The quantitative estimate of drug-likeness (QED) is 0.338. The maximum absolute atomic E-state index is 11.6. The van der Waals surface area contributed by atoms with Gasteiger partial charge in [0.1, 0.15) is 0 Å². The van der Waals surface area contributed by atoms with E-state index in [1.54, 1.807) is 13.0 Å². The van der Waals surface area contributed by atoms with Crippen molar-refractivity contribution in [1.29, 1.82) is 0 Å². The first-order valence-corrected chi connectivity index (χ1v) is 7.19. The molecule has 0 heterocycles. The van der Waals surface area contributed by atoms with Crippen molar-refractivity contribution in [2.75, 3.05) is 19.8 Å². The normalized spacial score (nSPS) is 11.7. The van der Waals surface area contributed by atoms with Crippen LogP contribution < -0.4 is 0 Å². The number of unbranched alkanes of at least 4 members (excludes halogenated alkanes) is 1. The molecule has 0 saturated heterocycles. The van der Waals surface area contributed by atoms with E-state index in [0.717, 1.165) is 0 Å². The molecule has 0 spiro atoms. The summed E-state index contributed by atoms with van der Waals surface area (Å²) in [4.78, 5) is 22.9. The molecular formula is C15H26O5. The highest BCUT2D eigenvalue weighted by molar-refractivity contribution is 5.72. The Morgan fingerprint density at radius 3 is 2.60 bits per heavy atom. The van der Waals surface area contributed by atoms with Crippen LogP contribution in [0.1, 0.15) is 45.4 Å². The molecule has 0 aromatic rings. The number of esters is 2. The molecule has 0 aromatic carbocycles. The van der Waals surface area contributed by atoms with Crippen LogP contribution in [-0.4, -0.2) is 36.9 Å². The molecular weight excluding hydrogens is 260 g/mol. The number of ether oxygens (including phenoxy) is 2. The van der Waals surface area contributed by atoms with Crippen molar-refractivity contribution < 1.29 is 24.2 Å². The van der Waals surface area contributed by atoms with E-state index in [1.807, 2.05) is 0 Å². The highest BCUT2D eigenvalue weighted by Crippen LogP contribution is 2.14. The molecule has 0 rings (SSSR count). The van der Waals surface area contributed by atoms with Crippen molar-refractivity contribution in [2.24, 2.45) is 5.92 Å². The Kier molecular flexibility index (Phi) is 11.8. The summed E-state index contributed by atoms with van der Waals surface area (Å²) in [5.41, 5.74) is 0. The van der Waals surface area contributed by atoms with Crippen molar-refractivity contribution in [3.05, 3.63) is 12.7 Å². The van der Waals surface area contributed by atoms with Gasteiger partial charge in [-0.15, -0.1) is 6.58 Å². The van der Waals surface area contributed by atoms with Gasteiger partial charge in [0.05, 0.1) is 19.1 Å². The van der Waals surface area contributed by atoms with E-state index in [0.29, 0.717) is 51.7 Å². The highest BCUT2D eigenvalue weighted by Gasteiger charge is 2.17. The van der Waals surface area contributed by atoms with E-state index >= 15 is 0 Å². The Morgan fingerprint density at radius 2 is 2.00 bits per heavy atom. The molecule has 0 amide bonds. The fourth-order valence-corrected chi connectivity index (χ4v) is 1.76.